The molecule has 1 saturated heterocycles. The number of aliphatic hydroxyl groups is 1. The average molecular weight is 196 g/mol. The van der Waals surface area contributed by atoms with Gasteiger partial charge in [-0.05, 0) is 12.8 Å². The minimum Gasteiger partial charge on any atom is -0.386 e. The van der Waals surface area contributed by atoms with E-state index in [2.05, 4.69) is 0 Å². The molecule has 1 saturated carbocycles. The van der Waals surface area contributed by atoms with Crippen LogP contribution in [-0.2, 0) is 9.47 Å². The highest BCUT2D eigenvalue weighted by Gasteiger charge is 2.50. The summed E-state index contributed by atoms with van der Waals surface area (Å²) in [5.41, 5.74) is 0. The number of hydrogen-bond acceptors (Lipinski definition) is 3. The summed E-state index contributed by atoms with van der Waals surface area (Å²) in [6.45, 7) is 0. The number of fused-ring (bicyclic) bond motifs is 1. The summed E-state index contributed by atoms with van der Waals surface area (Å²) in [6.07, 6.45) is 8.68. The van der Waals surface area contributed by atoms with Gasteiger partial charge in [0.25, 0.3) is 0 Å². The Balaban J connectivity index is 1.77. The third kappa shape index (κ3) is 1.23. The second kappa shape index (κ2) is 3.05. The summed E-state index contributed by atoms with van der Waals surface area (Å²) in [5, 5.41) is 9.62. The molecule has 3 nitrogen and oxygen atoms in total. The zero-order chi connectivity index (χ0) is 9.60. The van der Waals surface area contributed by atoms with Gasteiger partial charge in [0.05, 0.1) is 0 Å². The normalized spacial score (nSPS) is 44.5. The molecule has 0 aromatic carbocycles. The van der Waals surface area contributed by atoms with Crippen LogP contribution in [0.2, 0.25) is 0 Å². The maximum absolute atomic E-state index is 9.62. The molecular weight excluding hydrogens is 180 g/mol. The van der Waals surface area contributed by atoms with Gasteiger partial charge in [-0.1, -0.05) is 18.6 Å². The van der Waals surface area contributed by atoms with Crippen LogP contribution in [0.3, 0.4) is 0 Å². The van der Waals surface area contributed by atoms with Crippen molar-refractivity contribution >= 4 is 0 Å². The minimum absolute atomic E-state index is 0.0110. The van der Waals surface area contributed by atoms with E-state index in [1.807, 2.05) is 6.08 Å². The van der Waals surface area contributed by atoms with Crippen molar-refractivity contribution in [3.05, 3.63) is 12.2 Å². The fourth-order valence-corrected chi connectivity index (χ4v) is 2.73. The Morgan fingerprint density at radius 1 is 1.07 bits per heavy atom. The van der Waals surface area contributed by atoms with Crippen LogP contribution >= 0.6 is 0 Å². The molecule has 2 fully saturated rings. The third-order valence-electron chi connectivity index (χ3n) is 3.48. The molecule has 0 radical (unpaired) electrons. The largest absolute Gasteiger partial charge is 0.386 e. The predicted molar refractivity (Wildman–Crippen MR) is 50.7 cm³/mol. The summed E-state index contributed by atoms with van der Waals surface area (Å²) in [6, 6.07) is 0. The molecule has 0 aromatic rings. The van der Waals surface area contributed by atoms with Gasteiger partial charge in [0.1, 0.15) is 18.3 Å². The van der Waals surface area contributed by atoms with Crippen LogP contribution in [0.1, 0.15) is 32.1 Å². The van der Waals surface area contributed by atoms with Crippen molar-refractivity contribution in [2.45, 2.75) is 56.2 Å². The molecule has 3 atom stereocenters. The molecule has 1 spiro atoms. The van der Waals surface area contributed by atoms with Gasteiger partial charge in [-0.25, -0.2) is 0 Å². The van der Waals surface area contributed by atoms with Crippen LogP contribution in [0.15, 0.2) is 12.2 Å². The maximum atomic E-state index is 9.62. The Morgan fingerprint density at radius 3 is 2.57 bits per heavy atom. The van der Waals surface area contributed by atoms with E-state index in [1.54, 1.807) is 6.08 Å². The molecule has 0 aromatic heterocycles. The lowest BCUT2D eigenvalue weighted by atomic mass is 9.94. The summed E-state index contributed by atoms with van der Waals surface area (Å²) >= 11 is 0. The fraction of sp³-hybridized carbons (Fsp3) is 0.818. The van der Waals surface area contributed by atoms with Crippen LogP contribution in [0.25, 0.3) is 0 Å². The summed E-state index contributed by atoms with van der Waals surface area (Å²) in [4.78, 5) is 0. The average Bonchev–Trinajstić information content (AvgIpc) is 2.68. The molecule has 1 heterocycles. The van der Waals surface area contributed by atoms with Gasteiger partial charge in [-0.2, -0.15) is 0 Å². The Kier molecular flexibility index (Phi) is 1.94. The molecule has 3 unspecified atom stereocenters. The van der Waals surface area contributed by atoms with E-state index in [4.69, 9.17) is 9.47 Å². The first kappa shape index (κ1) is 8.89. The second-order valence-corrected chi connectivity index (χ2v) is 4.51. The van der Waals surface area contributed by atoms with E-state index in [1.165, 1.54) is 19.3 Å². The second-order valence-electron chi connectivity index (χ2n) is 4.51. The molecule has 0 bridgehead atoms. The van der Waals surface area contributed by atoms with Crippen molar-refractivity contribution in [3.63, 3.8) is 0 Å². The molecule has 1 aliphatic heterocycles. The van der Waals surface area contributed by atoms with Crippen molar-refractivity contribution < 1.29 is 14.6 Å². The van der Waals surface area contributed by atoms with E-state index in [-0.39, 0.29) is 18.0 Å². The van der Waals surface area contributed by atoms with E-state index >= 15 is 0 Å². The van der Waals surface area contributed by atoms with Crippen LogP contribution in [0, 0.1) is 0 Å². The van der Waals surface area contributed by atoms with Crippen LogP contribution in [0.4, 0.5) is 0 Å². The van der Waals surface area contributed by atoms with Crippen LogP contribution in [-0.4, -0.2) is 29.2 Å². The zero-order valence-electron chi connectivity index (χ0n) is 8.19. The van der Waals surface area contributed by atoms with Crippen molar-refractivity contribution in [2.75, 3.05) is 0 Å². The minimum atomic E-state index is -0.471. The van der Waals surface area contributed by atoms with E-state index in [0.29, 0.717) is 0 Å². The molecule has 3 aliphatic rings. The monoisotopic (exact) mass is 196 g/mol. The Hall–Kier alpha value is -0.380. The highest BCUT2D eigenvalue weighted by Crippen LogP contribution is 2.43. The number of hydrogen-bond donors (Lipinski definition) is 1. The van der Waals surface area contributed by atoms with Gasteiger partial charge in [0.15, 0.2) is 5.79 Å². The standard InChI is InChI=1S/C11H16O3/c12-8-4-5-9-10(8)14-11(13-9)6-2-1-3-7-11/h4-5,8-10,12H,1-3,6-7H2. The molecular formula is C11H16O3. The van der Waals surface area contributed by atoms with Gasteiger partial charge >= 0.3 is 0 Å². The van der Waals surface area contributed by atoms with Gasteiger partial charge in [-0.15, -0.1) is 0 Å². The summed E-state index contributed by atoms with van der Waals surface area (Å²) in [5.74, 6) is -0.362. The topological polar surface area (TPSA) is 38.7 Å². The molecule has 3 rings (SSSR count). The van der Waals surface area contributed by atoms with E-state index < -0.39 is 6.10 Å². The molecule has 1 N–H and O–H groups in total. The Morgan fingerprint density at radius 2 is 1.86 bits per heavy atom. The van der Waals surface area contributed by atoms with Gasteiger partial charge in [0.2, 0.25) is 0 Å². The Labute approximate surface area is 83.7 Å². The smallest absolute Gasteiger partial charge is 0.169 e. The molecule has 2 aliphatic carbocycles. The van der Waals surface area contributed by atoms with Crippen molar-refractivity contribution in [1.82, 2.24) is 0 Å². The Bertz CT molecular complexity index is 255. The number of ether oxygens (including phenoxy) is 2. The van der Waals surface area contributed by atoms with Crippen molar-refractivity contribution in [1.29, 1.82) is 0 Å². The summed E-state index contributed by atoms with van der Waals surface area (Å²) < 4.78 is 11.8. The lowest BCUT2D eigenvalue weighted by molar-refractivity contribution is -0.197. The predicted octanol–water partition coefficient (Wildman–Crippen LogP) is 1.36. The highest BCUT2D eigenvalue weighted by atomic mass is 16.8. The van der Waals surface area contributed by atoms with E-state index in [0.717, 1.165) is 12.8 Å². The fourth-order valence-electron chi connectivity index (χ4n) is 2.73. The van der Waals surface area contributed by atoms with E-state index in [9.17, 15) is 5.11 Å². The summed E-state index contributed by atoms with van der Waals surface area (Å²) in [7, 11) is 0. The SMILES string of the molecule is OC1C=CC2OC3(CCCCC3)OC12. The quantitative estimate of drug-likeness (QED) is 0.594. The first-order valence-corrected chi connectivity index (χ1v) is 5.51. The van der Waals surface area contributed by atoms with Gasteiger partial charge in [0, 0.05) is 12.8 Å². The van der Waals surface area contributed by atoms with Crippen LogP contribution in [0.5, 0.6) is 0 Å². The first-order valence-electron chi connectivity index (χ1n) is 5.51. The lowest BCUT2D eigenvalue weighted by Gasteiger charge is -2.32. The number of aliphatic hydroxyl groups excluding tert-OH is 1. The molecule has 14 heavy (non-hydrogen) atoms. The zero-order valence-corrected chi connectivity index (χ0v) is 8.19. The third-order valence-corrected chi connectivity index (χ3v) is 3.48. The highest BCUT2D eigenvalue weighted by molar-refractivity contribution is 5.13. The molecule has 3 heteroatoms. The van der Waals surface area contributed by atoms with Crippen molar-refractivity contribution in [2.24, 2.45) is 0 Å². The maximum Gasteiger partial charge on any atom is 0.169 e. The van der Waals surface area contributed by atoms with Gasteiger partial charge in [-0.3, -0.25) is 0 Å². The molecule has 0 amide bonds. The lowest BCUT2D eigenvalue weighted by Crippen LogP contribution is -2.35. The molecule has 78 valence electrons. The number of rotatable bonds is 0. The van der Waals surface area contributed by atoms with Crippen molar-refractivity contribution in [3.8, 4) is 0 Å². The van der Waals surface area contributed by atoms with Crippen LogP contribution < -0.4 is 0 Å². The first-order chi connectivity index (χ1) is 6.79. The van der Waals surface area contributed by atoms with Gasteiger partial charge < -0.3 is 14.6 Å².